The highest BCUT2D eigenvalue weighted by Crippen LogP contribution is 2.24. The Labute approximate surface area is 113 Å². The number of methoxy groups -OCH3 is 2. The first kappa shape index (κ1) is 13.1. The Morgan fingerprint density at radius 2 is 1.58 bits per heavy atom. The lowest BCUT2D eigenvalue weighted by molar-refractivity contribution is 0.414. The lowest BCUT2D eigenvalue weighted by Crippen LogP contribution is -2.02. The van der Waals surface area contributed by atoms with Crippen LogP contribution in [-0.4, -0.2) is 14.2 Å². The van der Waals surface area contributed by atoms with Gasteiger partial charge in [0.25, 0.3) is 0 Å². The molecule has 0 radical (unpaired) electrons. The number of rotatable bonds is 5. The number of hydrogen-bond acceptors (Lipinski definition) is 4. The Morgan fingerprint density at radius 1 is 0.947 bits per heavy atom. The van der Waals surface area contributed by atoms with Crippen LogP contribution in [0.3, 0.4) is 0 Å². The van der Waals surface area contributed by atoms with E-state index in [0.29, 0.717) is 12.2 Å². The summed E-state index contributed by atoms with van der Waals surface area (Å²) in [5.41, 5.74) is 8.68. The van der Waals surface area contributed by atoms with Crippen molar-refractivity contribution in [2.24, 2.45) is 0 Å². The molecule has 0 aliphatic rings. The van der Waals surface area contributed by atoms with Crippen LogP contribution in [0.4, 0.5) is 11.4 Å². The van der Waals surface area contributed by atoms with Crippen molar-refractivity contribution < 1.29 is 9.47 Å². The lowest BCUT2D eigenvalue weighted by Gasteiger charge is -2.11. The molecule has 0 bridgehead atoms. The largest absolute Gasteiger partial charge is 0.497 e. The second-order valence-corrected chi connectivity index (χ2v) is 4.15. The van der Waals surface area contributed by atoms with Crippen LogP contribution in [0, 0.1) is 0 Å². The zero-order valence-corrected chi connectivity index (χ0v) is 11.1. The van der Waals surface area contributed by atoms with Crippen molar-refractivity contribution in [3.05, 3.63) is 48.0 Å². The first-order chi connectivity index (χ1) is 9.22. The minimum Gasteiger partial charge on any atom is -0.497 e. The van der Waals surface area contributed by atoms with Crippen LogP contribution in [0.1, 0.15) is 5.56 Å². The third-order valence-corrected chi connectivity index (χ3v) is 2.90. The third kappa shape index (κ3) is 3.31. The van der Waals surface area contributed by atoms with Gasteiger partial charge in [-0.1, -0.05) is 12.1 Å². The van der Waals surface area contributed by atoms with E-state index < -0.39 is 0 Å². The molecule has 2 rings (SSSR count). The molecule has 4 heteroatoms. The van der Waals surface area contributed by atoms with Gasteiger partial charge < -0.3 is 20.5 Å². The van der Waals surface area contributed by atoms with Gasteiger partial charge in [0.05, 0.1) is 25.6 Å². The molecular formula is C15H18N2O2. The van der Waals surface area contributed by atoms with E-state index in [1.54, 1.807) is 20.3 Å². The van der Waals surface area contributed by atoms with E-state index in [1.807, 2.05) is 36.4 Å². The molecule has 0 aliphatic carbocycles. The minimum absolute atomic E-state index is 0.674. The zero-order chi connectivity index (χ0) is 13.7. The molecule has 19 heavy (non-hydrogen) atoms. The molecule has 0 heterocycles. The van der Waals surface area contributed by atoms with Crippen molar-refractivity contribution in [2.45, 2.75) is 6.54 Å². The Morgan fingerprint density at radius 3 is 2.16 bits per heavy atom. The van der Waals surface area contributed by atoms with Gasteiger partial charge in [-0.25, -0.2) is 0 Å². The van der Waals surface area contributed by atoms with Crippen molar-refractivity contribution in [1.82, 2.24) is 0 Å². The molecule has 0 amide bonds. The summed E-state index contributed by atoms with van der Waals surface area (Å²) in [7, 11) is 3.28. The van der Waals surface area contributed by atoms with Gasteiger partial charge in [0, 0.05) is 12.6 Å². The maximum absolute atomic E-state index is 5.94. The van der Waals surface area contributed by atoms with Crippen molar-refractivity contribution in [2.75, 3.05) is 25.3 Å². The number of ether oxygens (including phenoxy) is 2. The summed E-state index contributed by atoms with van der Waals surface area (Å²) in [5.74, 6) is 1.61. The van der Waals surface area contributed by atoms with Crippen molar-refractivity contribution >= 4 is 11.4 Å². The summed E-state index contributed by atoms with van der Waals surface area (Å²) < 4.78 is 10.2. The van der Waals surface area contributed by atoms with Crippen molar-refractivity contribution in [3.8, 4) is 11.5 Å². The van der Waals surface area contributed by atoms with Crippen LogP contribution in [0.15, 0.2) is 42.5 Å². The fourth-order valence-corrected chi connectivity index (χ4v) is 1.77. The molecule has 3 N–H and O–H groups in total. The number of benzene rings is 2. The first-order valence-electron chi connectivity index (χ1n) is 6.03. The molecule has 0 atom stereocenters. The third-order valence-electron chi connectivity index (χ3n) is 2.90. The second-order valence-electron chi connectivity index (χ2n) is 4.15. The van der Waals surface area contributed by atoms with Gasteiger partial charge in [0.15, 0.2) is 0 Å². The van der Waals surface area contributed by atoms with Crippen molar-refractivity contribution in [3.63, 3.8) is 0 Å². The van der Waals surface area contributed by atoms with E-state index in [2.05, 4.69) is 5.32 Å². The van der Waals surface area contributed by atoms with Crippen LogP contribution in [0.5, 0.6) is 11.5 Å². The smallest absolute Gasteiger partial charge is 0.121 e. The van der Waals surface area contributed by atoms with Crippen LogP contribution in [0.2, 0.25) is 0 Å². The Kier molecular flexibility index (Phi) is 4.13. The van der Waals surface area contributed by atoms with E-state index in [1.165, 1.54) is 0 Å². The zero-order valence-electron chi connectivity index (χ0n) is 11.1. The highest BCUT2D eigenvalue weighted by atomic mass is 16.5. The summed E-state index contributed by atoms with van der Waals surface area (Å²) in [6.07, 6.45) is 0. The number of nitrogens with two attached hydrogens (primary N) is 1. The monoisotopic (exact) mass is 258 g/mol. The predicted octanol–water partition coefficient (Wildman–Crippen LogP) is 2.90. The average molecular weight is 258 g/mol. The molecule has 4 nitrogen and oxygen atoms in total. The van der Waals surface area contributed by atoms with Gasteiger partial charge >= 0.3 is 0 Å². The summed E-state index contributed by atoms with van der Waals surface area (Å²) in [6.45, 7) is 0.709. The molecule has 0 saturated carbocycles. The summed E-state index contributed by atoms with van der Waals surface area (Å²) in [4.78, 5) is 0. The second kappa shape index (κ2) is 6.00. The van der Waals surface area contributed by atoms with Gasteiger partial charge in [-0.05, 0) is 29.8 Å². The fraction of sp³-hybridized carbons (Fsp3) is 0.200. The predicted molar refractivity (Wildman–Crippen MR) is 77.7 cm³/mol. The summed E-state index contributed by atoms with van der Waals surface area (Å²) >= 11 is 0. The highest BCUT2D eigenvalue weighted by Gasteiger charge is 2.01. The van der Waals surface area contributed by atoms with E-state index in [0.717, 1.165) is 22.7 Å². The lowest BCUT2D eigenvalue weighted by atomic mass is 10.2. The number of nitrogen functional groups attached to an aromatic ring is 1. The molecular weight excluding hydrogens is 240 g/mol. The maximum Gasteiger partial charge on any atom is 0.121 e. The van der Waals surface area contributed by atoms with E-state index >= 15 is 0 Å². The Hall–Kier alpha value is -2.36. The topological polar surface area (TPSA) is 56.5 Å². The Balaban J connectivity index is 2.01. The molecule has 100 valence electrons. The maximum atomic E-state index is 5.94. The SMILES string of the molecule is COc1ccc(CNc2ccc(OC)cc2N)cc1. The summed E-state index contributed by atoms with van der Waals surface area (Å²) in [5, 5.41) is 3.30. The van der Waals surface area contributed by atoms with Gasteiger partial charge in [0.2, 0.25) is 0 Å². The van der Waals surface area contributed by atoms with Gasteiger partial charge in [-0.3, -0.25) is 0 Å². The van der Waals surface area contributed by atoms with Crippen molar-refractivity contribution in [1.29, 1.82) is 0 Å². The Bertz CT molecular complexity index is 538. The van der Waals surface area contributed by atoms with Crippen LogP contribution in [-0.2, 0) is 6.54 Å². The van der Waals surface area contributed by atoms with Crippen LogP contribution < -0.4 is 20.5 Å². The normalized spacial score (nSPS) is 10.0. The molecule has 0 fully saturated rings. The standard InChI is InChI=1S/C15H18N2O2/c1-18-12-5-3-11(4-6-12)10-17-15-8-7-13(19-2)9-14(15)16/h3-9,17H,10,16H2,1-2H3. The molecule has 2 aromatic carbocycles. The number of hydrogen-bond donors (Lipinski definition) is 2. The van der Waals surface area contributed by atoms with Gasteiger partial charge in [0.1, 0.15) is 11.5 Å². The average Bonchev–Trinajstić information content (AvgIpc) is 2.46. The highest BCUT2D eigenvalue weighted by molar-refractivity contribution is 5.68. The number of anilines is 2. The molecule has 0 aromatic heterocycles. The molecule has 2 aromatic rings. The summed E-state index contributed by atoms with van der Waals surface area (Å²) in [6, 6.07) is 13.5. The van der Waals surface area contributed by atoms with E-state index in [9.17, 15) is 0 Å². The molecule has 0 saturated heterocycles. The number of nitrogens with one attached hydrogen (secondary N) is 1. The van der Waals surface area contributed by atoms with E-state index in [-0.39, 0.29) is 0 Å². The van der Waals surface area contributed by atoms with Gasteiger partial charge in [-0.15, -0.1) is 0 Å². The van der Waals surface area contributed by atoms with Crippen LogP contribution >= 0.6 is 0 Å². The van der Waals surface area contributed by atoms with Crippen LogP contribution in [0.25, 0.3) is 0 Å². The van der Waals surface area contributed by atoms with E-state index in [4.69, 9.17) is 15.2 Å². The molecule has 0 aliphatic heterocycles. The van der Waals surface area contributed by atoms with Gasteiger partial charge in [-0.2, -0.15) is 0 Å². The molecule has 0 spiro atoms. The minimum atomic E-state index is 0.674. The molecule has 0 unspecified atom stereocenters. The fourth-order valence-electron chi connectivity index (χ4n) is 1.77. The first-order valence-corrected chi connectivity index (χ1v) is 6.03. The quantitative estimate of drug-likeness (QED) is 0.810.